The van der Waals surface area contributed by atoms with Gasteiger partial charge in [-0.1, -0.05) is 0 Å². The Morgan fingerprint density at radius 1 is 1.32 bits per heavy atom. The molecule has 0 aromatic rings. The van der Waals surface area contributed by atoms with Gasteiger partial charge in [0.05, 0.1) is 19.7 Å². The SMILES string of the molecule is O=C1CCCCN1CC(=O)N1CCCC(F)(CO)C1. The van der Waals surface area contributed by atoms with Crippen molar-refractivity contribution in [1.82, 2.24) is 9.80 Å². The van der Waals surface area contributed by atoms with Gasteiger partial charge in [-0.3, -0.25) is 9.59 Å². The molecule has 19 heavy (non-hydrogen) atoms. The Labute approximate surface area is 112 Å². The number of carbonyl (C=O) groups is 2. The van der Waals surface area contributed by atoms with E-state index in [4.69, 9.17) is 5.11 Å². The highest BCUT2D eigenvalue weighted by molar-refractivity contribution is 5.85. The number of amides is 2. The van der Waals surface area contributed by atoms with E-state index in [-0.39, 0.29) is 31.3 Å². The third-order valence-corrected chi connectivity index (χ3v) is 3.91. The molecule has 5 nitrogen and oxygen atoms in total. The van der Waals surface area contributed by atoms with E-state index in [1.807, 2.05) is 0 Å². The zero-order valence-electron chi connectivity index (χ0n) is 11.1. The summed E-state index contributed by atoms with van der Waals surface area (Å²) >= 11 is 0. The first-order valence-electron chi connectivity index (χ1n) is 6.89. The van der Waals surface area contributed by atoms with Gasteiger partial charge in [0.15, 0.2) is 5.67 Å². The van der Waals surface area contributed by atoms with Gasteiger partial charge in [0.2, 0.25) is 11.8 Å². The lowest BCUT2D eigenvalue weighted by molar-refractivity contribution is -0.144. The van der Waals surface area contributed by atoms with Crippen LogP contribution in [0.2, 0.25) is 0 Å². The Balaban J connectivity index is 1.90. The van der Waals surface area contributed by atoms with Gasteiger partial charge in [-0.05, 0) is 25.7 Å². The predicted octanol–water partition coefficient (Wildman–Crippen LogP) is 0.322. The van der Waals surface area contributed by atoms with Crippen LogP contribution in [0.25, 0.3) is 0 Å². The molecule has 2 aliphatic heterocycles. The highest BCUT2D eigenvalue weighted by Crippen LogP contribution is 2.25. The van der Waals surface area contributed by atoms with Crippen molar-refractivity contribution in [2.24, 2.45) is 0 Å². The van der Waals surface area contributed by atoms with Crippen LogP contribution in [0.5, 0.6) is 0 Å². The molecule has 0 radical (unpaired) electrons. The average Bonchev–Trinajstić information content (AvgIpc) is 2.41. The zero-order chi connectivity index (χ0) is 13.9. The fourth-order valence-electron chi connectivity index (χ4n) is 2.72. The van der Waals surface area contributed by atoms with Crippen molar-refractivity contribution in [3.63, 3.8) is 0 Å². The number of rotatable bonds is 3. The molecule has 1 N–H and O–H groups in total. The summed E-state index contributed by atoms with van der Waals surface area (Å²) in [6.45, 7) is 0.538. The summed E-state index contributed by atoms with van der Waals surface area (Å²) in [6.07, 6.45) is 3.14. The number of aliphatic hydroxyl groups is 1. The maximum absolute atomic E-state index is 14.0. The minimum Gasteiger partial charge on any atom is -0.393 e. The number of piperidine rings is 2. The van der Waals surface area contributed by atoms with Gasteiger partial charge in [-0.15, -0.1) is 0 Å². The predicted molar refractivity (Wildman–Crippen MR) is 67.2 cm³/mol. The van der Waals surface area contributed by atoms with E-state index in [0.29, 0.717) is 25.9 Å². The maximum atomic E-state index is 14.0. The third kappa shape index (κ3) is 3.43. The van der Waals surface area contributed by atoms with E-state index in [9.17, 15) is 14.0 Å². The van der Waals surface area contributed by atoms with E-state index >= 15 is 0 Å². The molecule has 0 aliphatic carbocycles. The molecule has 0 aromatic heterocycles. The first-order valence-corrected chi connectivity index (χ1v) is 6.89. The van der Waals surface area contributed by atoms with E-state index in [2.05, 4.69) is 0 Å². The first kappa shape index (κ1) is 14.2. The van der Waals surface area contributed by atoms with E-state index in [1.54, 1.807) is 4.90 Å². The molecule has 0 saturated carbocycles. The van der Waals surface area contributed by atoms with Crippen molar-refractivity contribution in [2.45, 2.75) is 37.8 Å². The maximum Gasteiger partial charge on any atom is 0.242 e. The fraction of sp³-hybridized carbons (Fsp3) is 0.846. The number of alkyl halides is 1. The summed E-state index contributed by atoms with van der Waals surface area (Å²) < 4.78 is 14.0. The number of nitrogens with zero attached hydrogens (tertiary/aromatic N) is 2. The molecule has 6 heteroatoms. The molecule has 2 heterocycles. The molecule has 2 fully saturated rings. The minimum absolute atomic E-state index is 0.00489. The van der Waals surface area contributed by atoms with Gasteiger partial charge in [0.1, 0.15) is 0 Å². The second-order valence-corrected chi connectivity index (χ2v) is 5.50. The smallest absolute Gasteiger partial charge is 0.242 e. The van der Waals surface area contributed by atoms with E-state index in [0.717, 1.165) is 12.8 Å². The highest BCUT2D eigenvalue weighted by atomic mass is 19.1. The van der Waals surface area contributed by atoms with E-state index in [1.165, 1.54) is 4.90 Å². The van der Waals surface area contributed by atoms with Gasteiger partial charge in [-0.2, -0.15) is 0 Å². The van der Waals surface area contributed by atoms with Crippen LogP contribution in [0.4, 0.5) is 4.39 Å². The first-order chi connectivity index (χ1) is 9.04. The topological polar surface area (TPSA) is 60.9 Å². The number of hydrogen-bond donors (Lipinski definition) is 1. The Morgan fingerprint density at radius 2 is 2.11 bits per heavy atom. The lowest BCUT2D eigenvalue weighted by atomic mass is 9.95. The molecular formula is C13H21FN2O3. The van der Waals surface area contributed by atoms with Gasteiger partial charge in [0.25, 0.3) is 0 Å². The van der Waals surface area contributed by atoms with Crippen LogP contribution >= 0.6 is 0 Å². The summed E-state index contributed by atoms with van der Waals surface area (Å²) in [4.78, 5) is 26.7. The minimum atomic E-state index is -1.68. The summed E-state index contributed by atoms with van der Waals surface area (Å²) in [5, 5.41) is 9.04. The number of hydrogen-bond acceptors (Lipinski definition) is 3. The molecule has 2 rings (SSSR count). The monoisotopic (exact) mass is 272 g/mol. The van der Waals surface area contributed by atoms with Crippen molar-refractivity contribution < 1.29 is 19.1 Å². The van der Waals surface area contributed by atoms with Crippen LogP contribution < -0.4 is 0 Å². The molecule has 0 spiro atoms. The lowest BCUT2D eigenvalue weighted by Crippen LogP contribution is -2.53. The molecule has 2 aliphatic rings. The van der Waals surface area contributed by atoms with E-state index < -0.39 is 12.3 Å². The molecule has 108 valence electrons. The number of aliphatic hydroxyl groups excluding tert-OH is 1. The Kier molecular flexibility index (Phi) is 4.39. The van der Waals surface area contributed by atoms with Crippen molar-refractivity contribution in [3.05, 3.63) is 0 Å². The molecule has 1 unspecified atom stereocenters. The summed E-state index contributed by atoms with van der Waals surface area (Å²) in [7, 11) is 0. The zero-order valence-corrected chi connectivity index (χ0v) is 11.1. The molecule has 0 bridgehead atoms. The number of carbonyl (C=O) groups excluding carboxylic acids is 2. The normalized spacial score (nSPS) is 28.6. The fourth-order valence-corrected chi connectivity index (χ4v) is 2.72. The number of likely N-dealkylation sites (tertiary alicyclic amines) is 2. The highest BCUT2D eigenvalue weighted by Gasteiger charge is 2.37. The van der Waals surface area contributed by atoms with Gasteiger partial charge < -0.3 is 14.9 Å². The largest absolute Gasteiger partial charge is 0.393 e. The quantitative estimate of drug-likeness (QED) is 0.805. The second-order valence-electron chi connectivity index (χ2n) is 5.50. The Hall–Kier alpha value is -1.17. The third-order valence-electron chi connectivity index (χ3n) is 3.91. The van der Waals surface area contributed by atoms with Crippen molar-refractivity contribution in [1.29, 1.82) is 0 Å². The summed E-state index contributed by atoms with van der Waals surface area (Å²) in [5.41, 5.74) is -1.68. The average molecular weight is 272 g/mol. The molecular weight excluding hydrogens is 251 g/mol. The lowest BCUT2D eigenvalue weighted by Gasteiger charge is -2.37. The van der Waals surface area contributed by atoms with Crippen LogP contribution in [-0.2, 0) is 9.59 Å². The summed E-state index contributed by atoms with van der Waals surface area (Å²) in [5.74, 6) is -0.212. The van der Waals surface area contributed by atoms with Crippen LogP contribution in [-0.4, -0.2) is 65.2 Å². The van der Waals surface area contributed by atoms with Crippen LogP contribution in [0, 0.1) is 0 Å². The molecule has 0 aromatic carbocycles. The van der Waals surface area contributed by atoms with Crippen LogP contribution in [0.1, 0.15) is 32.1 Å². The van der Waals surface area contributed by atoms with Crippen molar-refractivity contribution >= 4 is 11.8 Å². The van der Waals surface area contributed by atoms with Gasteiger partial charge in [0, 0.05) is 19.5 Å². The Morgan fingerprint density at radius 3 is 2.79 bits per heavy atom. The van der Waals surface area contributed by atoms with Gasteiger partial charge >= 0.3 is 0 Å². The molecule has 2 amide bonds. The molecule has 2 saturated heterocycles. The molecule has 1 atom stereocenters. The second kappa shape index (κ2) is 5.86. The Bertz CT molecular complexity index is 364. The summed E-state index contributed by atoms with van der Waals surface area (Å²) in [6, 6.07) is 0. The van der Waals surface area contributed by atoms with Crippen molar-refractivity contribution in [3.8, 4) is 0 Å². The van der Waals surface area contributed by atoms with Crippen LogP contribution in [0.3, 0.4) is 0 Å². The van der Waals surface area contributed by atoms with Crippen molar-refractivity contribution in [2.75, 3.05) is 32.8 Å². The van der Waals surface area contributed by atoms with Crippen LogP contribution in [0.15, 0.2) is 0 Å². The standard InChI is InChI=1S/C13H21FN2O3/c14-13(10-17)5-3-7-16(9-13)12(19)8-15-6-2-1-4-11(15)18/h17H,1-10H2. The number of halogens is 1. The van der Waals surface area contributed by atoms with Gasteiger partial charge in [-0.25, -0.2) is 4.39 Å².